The average molecular weight is 360 g/mol. The fourth-order valence-corrected chi connectivity index (χ4v) is 4.42. The molecule has 0 amide bonds. The van der Waals surface area contributed by atoms with E-state index in [1.165, 1.54) is 0 Å². The first-order valence-corrected chi connectivity index (χ1v) is 9.62. The van der Waals surface area contributed by atoms with Crippen LogP contribution in [0.5, 0.6) is 0 Å². The minimum absolute atomic E-state index is 0.0249. The van der Waals surface area contributed by atoms with E-state index in [0.717, 1.165) is 30.4 Å². The smallest absolute Gasteiger partial charge is 0.334 e. The SMILES string of the molecule is C=C1CC[C@@H]2CCC(C(=O)OCC)=C(C(=O)C/C(C)=C/[C@@H](O)C1)C2(C)C. The van der Waals surface area contributed by atoms with E-state index >= 15 is 0 Å². The number of ether oxygens (including phenoxy) is 1. The number of fused-ring (bicyclic) bond motifs is 2. The number of hydrogen-bond donors (Lipinski definition) is 1. The van der Waals surface area contributed by atoms with Gasteiger partial charge in [0.15, 0.2) is 5.78 Å². The van der Waals surface area contributed by atoms with Crippen LogP contribution < -0.4 is 0 Å². The minimum atomic E-state index is -0.610. The van der Waals surface area contributed by atoms with Gasteiger partial charge in [-0.05, 0) is 57.3 Å². The van der Waals surface area contributed by atoms with Gasteiger partial charge in [-0.15, -0.1) is 0 Å². The molecule has 0 aromatic carbocycles. The van der Waals surface area contributed by atoms with Crippen molar-refractivity contribution in [2.75, 3.05) is 6.61 Å². The lowest BCUT2D eigenvalue weighted by molar-refractivity contribution is -0.139. The molecule has 0 aromatic heterocycles. The molecule has 2 bridgehead atoms. The van der Waals surface area contributed by atoms with Crippen molar-refractivity contribution in [1.29, 1.82) is 0 Å². The molecule has 2 aliphatic carbocycles. The van der Waals surface area contributed by atoms with Gasteiger partial charge in [-0.3, -0.25) is 4.79 Å². The maximum atomic E-state index is 13.2. The third kappa shape index (κ3) is 4.53. The van der Waals surface area contributed by atoms with Gasteiger partial charge >= 0.3 is 5.97 Å². The Morgan fingerprint density at radius 1 is 1.35 bits per heavy atom. The van der Waals surface area contributed by atoms with Crippen LogP contribution in [0, 0.1) is 11.3 Å². The lowest BCUT2D eigenvalue weighted by Gasteiger charge is -2.41. The summed E-state index contributed by atoms with van der Waals surface area (Å²) in [7, 11) is 0. The Kier molecular flexibility index (Phi) is 6.62. The van der Waals surface area contributed by atoms with Crippen molar-refractivity contribution in [2.24, 2.45) is 11.3 Å². The lowest BCUT2D eigenvalue weighted by Crippen LogP contribution is -2.37. The molecule has 0 saturated carbocycles. The van der Waals surface area contributed by atoms with Crippen LogP contribution in [0.1, 0.15) is 66.2 Å². The first-order chi connectivity index (χ1) is 12.2. The summed E-state index contributed by atoms with van der Waals surface area (Å²) in [6.07, 6.45) is 5.08. The van der Waals surface area contributed by atoms with Gasteiger partial charge in [0.25, 0.3) is 0 Å². The van der Waals surface area contributed by atoms with E-state index in [-0.39, 0.29) is 23.6 Å². The number of ketones is 1. The van der Waals surface area contributed by atoms with Crippen molar-refractivity contribution in [1.82, 2.24) is 0 Å². The number of aliphatic hydroxyl groups excluding tert-OH is 1. The van der Waals surface area contributed by atoms with Crippen LogP contribution in [-0.2, 0) is 14.3 Å². The summed E-state index contributed by atoms with van der Waals surface area (Å²) >= 11 is 0. The summed E-state index contributed by atoms with van der Waals surface area (Å²) < 4.78 is 5.23. The third-order valence-corrected chi connectivity index (χ3v) is 5.77. The second-order valence-corrected chi connectivity index (χ2v) is 8.20. The van der Waals surface area contributed by atoms with Gasteiger partial charge in [0.05, 0.1) is 12.7 Å². The third-order valence-electron chi connectivity index (χ3n) is 5.77. The molecule has 0 fully saturated rings. The van der Waals surface area contributed by atoms with Crippen molar-refractivity contribution < 1.29 is 19.4 Å². The molecule has 4 nitrogen and oxygen atoms in total. The van der Waals surface area contributed by atoms with Gasteiger partial charge in [-0.1, -0.05) is 37.6 Å². The van der Waals surface area contributed by atoms with Crippen molar-refractivity contribution in [2.45, 2.75) is 72.3 Å². The van der Waals surface area contributed by atoms with Crippen molar-refractivity contribution in [3.63, 3.8) is 0 Å². The van der Waals surface area contributed by atoms with E-state index in [1.54, 1.807) is 13.0 Å². The highest BCUT2D eigenvalue weighted by molar-refractivity contribution is 6.05. The molecule has 4 heteroatoms. The summed E-state index contributed by atoms with van der Waals surface area (Å²) in [5, 5.41) is 10.2. The molecule has 1 N–H and O–H groups in total. The monoisotopic (exact) mass is 360 g/mol. The fraction of sp³-hybridized carbons (Fsp3) is 0.636. The van der Waals surface area contributed by atoms with E-state index in [4.69, 9.17) is 4.74 Å². The quantitative estimate of drug-likeness (QED) is 0.589. The Morgan fingerprint density at radius 2 is 2.00 bits per heavy atom. The summed E-state index contributed by atoms with van der Waals surface area (Å²) in [6.45, 7) is 12.2. The van der Waals surface area contributed by atoms with Gasteiger partial charge in [0.1, 0.15) is 0 Å². The number of allylic oxidation sites excluding steroid dienone is 2. The standard InChI is InChI=1S/C22H32O4/c1-6-26-21(25)18-10-9-16-8-7-14(2)11-17(23)12-15(3)13-19(24)20(18)22(16,4)5/h12,16-17,23H,2,6-11,13H2,1,3-5H3/b15-12+/t16-,17+/m1/s1. The summed E-state index contributed by atoms with van der Waals surface area (Å²) in [5.41, 5.74) is 2.65. The number of rotatable bonds is 2. The van der Waals surface area contributed by atoms with Crippen LogP contribution in [0.25, 0.3) is 0 Å². The largest absolute Gasteiger partial charge is 0.463 e. The van der Waals surface area contributed by atoms with Gasteiger partial charge in [-0.2, -0.15) is 0 Å². The van der Waals surface area contributed by atoms with E-state index in [0.29, 0.717) is 36.5 Å². The topological polar surface area (TPSA) is 63.6 Å². The number of aliphatic hydroxyl groups is 1. The normalized spacial score (nSPS) is 29.3. The number of carbonyl (C=O) groups is 2. The summed E-state index contributed by atoms with van der Waals surface area (Å²) in [4.78, 5) is 25.6. The maximum Gasteiger partial charge on any atom is 0.334 e. The summed E-state index contributed by atoms with van der Waals surface area (Å²) in [5.74, 6) is -0.0825. The van der Waals surface area contributed by atoms with Crippen molar-refractivity contribution in [3.8, 4) is 0 Å². The van der Waals surface area contributed by atoms with Gasteiger partial charge in [-0.25, -0.2) is 4.79 Å². The van der Waals surface area contributed by atoms with Crippen LogP contribution in [-0.4, -0.2) is 29.6 Å². The van der Waals surface area contributed by atoms with Gasteiger partial charge < -0.3 is 9.84 Å². The molecule has 0 heterocycles. The highest BCUT2D eigenvalue weighted by atomic mass is 16.5. The maximum absolute atomic E-state index is 13.2. The van der Waals surface area contributed by atoms with Crippen molar-refractivity contribution in [3.05, 3.63) is 34.9 Å². The molecule has 0 aliphatic heterocycles. The van der Waals surface area contributed by atoms with Crippen LogP contribution in [0.3, 0.4) is 0 Å². The molecule has 0 aromatic rings. The Hall–Kier alpha value is -1.68. The molecule has 0 saturated heterocycles. The zero-order chi connectivity index (χ0) is 19.5. The van der Waals surface area contributed by atoms with Crippen LogP contribution in [0.4, 0.5) is 0 Å². The number of carbonyl (C=O) groups excluding carboxylic acids is 2. The Bertz CT molecular complexity index is 651. The van der Waals surface area contributed by atoms with Crippen molar-refractivity contribution >= 4 is 11.8 Å². The van der Waals surface area contributed by atoms with Gasteiger partial charge in [0, 0.05) is 17.6 Å². The molecule has 0 spiro atoms. The average Bonchev–Trinajstić information content (AvgIpc) is 2.51. The van der Waals surface area contributed by atoms with Gasteiger partial charge in [0.2, 0.25) is 0 Å². The second-order valence-electron chi connectivity index (χ2n) is 8.20. The highest BCUT2D eigenvalue weighted by Crippen LogP contribution is 2.48. The molecule has 26 heavy (non-hydrogen) atoms. The molecule has 2 aliphatic rings. The predicted octanol–water partition coefficient (Wildman–Crippen LogP) is 4.29. The Morgan fingerprint density at radius 3 is 2.65 bits per heavy atom. The van der Waals surface area contributed by atoms with Crippen LogP contribution >= 0.6 is 0 Å². The highest BCUT2D eigenvalue weighted by Gasteiger charge is 2.43. The first-order valence-electron chi connectivity index (χ1n) is 9.62. The van der Waals surface area contributed by atoms with Crippen LogP contribution in [0.2, 0.25) is 0 Å². The molecular weight excluding hydrogens is 328 g/mol. The molecule has 2 atom stereocenters. The molecule has 0 unspecified atom stereocenters. The van der Waals surface area contributed by atoms with E-state index in [1.807, 2.05) is 6.92 Å². The Labute approximate surface area is 157 Å². The van der Waals surface area contributed by atoms with E-state index in [9.17, 15) is 14.7 Å². The molecule has 144 valence electrons. The van der Waals surface area contributed by atoms with Crippen LogP contribution in [0.15, 0.2) is 34.9 Å². The minimum Gasteiger partial charge on any atom is -0.463 e. The zero-order valence-corrected chi connectivity index (χ0v) is 16.6. The number of Topliss-reactive ketones (excluding diaryl/α,β-unsaturated/α-hetero) is 1. The lowest BCUT2D eigenvalue weighted by atomic mass is 9.62. The zero-order valence-electron chi connectivity index (χ0n) is 16.6. The predicted molar refractivity (Wildman–Crippen MR) is 103 cm³/mol. The Balaban J connectivity index is 2.52. The molecular formula is C22H32O4. The fourth-order valence-electron chi connectivity index (χ4n) is 4.42. The molecule has 0 radical (unpaired) electrons. The number of hydrogen-bond acceptors (Lipinski definition) is 4. The molecule has 2 rings (SSSR count). The number of esters is 1. The van der Waals surface area contributed by atoms with E-state index in [2.05, 4.69) is 20.4 Å². The second kappa shape index (κ2) is 8.34. The first kappa shape index (κ1) is 20.6. The van der Waals surface area contributed by atoms with E-state index < -0.39 is 6.10 Å². The summed E-state index contributed by atoms with van der Waals surface area (Å²) in [6, 6.07) is 0.